The van der Waals surface area contributed by atoms with E-state index in [0.717, 1.165) is 12.8 Å². The highest BCUT2D eigenvalue weighted by molar-refractivity contribution is 7.89. The average Bonchev–Trinajstić information content (AvgIpc) is 3.10. The fraction of sp³-hybridized carbons (Fsp3) is 0.800. The van der Waals surface area contributed by atoms with E-state index in [0.29, 0.717) is 0 Å². The summed E-state index contributed by atoms with van der Waals surface area (Å²) < 4.78 is 29.5. The molecule has 1 saturated carbocycles. The third-order valence-corrected chi connectivity index (χ3v) is 3.83. The second-order valence-corrected chi connectivity index (χ2v) is 6.09. The Morgan fingerprint density at radius 2 is 2.00 bits per heavy atom. The zero-order valence-electron chi connectivity index (χ0n) is 10.3. The molecule has 2 N–H and O–H groups in total. The van der Waals surface area contributed by atoms with Crippen LogP contribution < -0.4 is 10.0 Å². The fourth-order valence-corrected chi connectivity index (χ4v) is 2.28. The normalized spacial score (nSPS) is 15.2. The Morgan fingerprint density at radius 1 is 1.33 bits per heavy atom. The Labute approximate surface area is 106 Å². The van der Waals surface area contributed by atoms with Gasteiger partial charge >= 0.3 is 5.97 Å². The van der Waals surface area contributed by atoms with Crippen LogP contribution in [0, 0.1) is 0 Å². The molecule has 0 atom stereocenters. The van der Waals surface area contributed by atoms with E-state index in [1.165, 1.54) is 7.11 Å². The Kier molecular flexibility index (Phi) is 5.54. The Balaban J connectivity index is 2.17. The number of methoxy groups -OCH3 is 1. The molecule has 1 rings (SSSR count). The number of sulfonamides is 1. The van der Waals surface area contributed by atoms with E-state index in [4.69, 9.17) is 0 Å². The summed E-state index contributed by atoms with van der Waals surface area (Å²) in [6, 6.07) is 0.210. The second-order valence-electron chi connectivity index (χ2n) is 4.16. The molecule has 7 nitrogen and oxygen atoms in total. The minimum atomic E-state index is -3.51. The highest BCUT2D eigenvalue weighted by Crippen LogP contribution is 2.18. The fourth-order valence-electron chi connectivity index (χ4n) is 1.26. The van der Waals surface area contributed by atoms with Crippen molar-refractivity contribution in [3.05, 3.63) is 0 Å². The van der Waals surface area contributed by atoms with Crippen LogP contribution in [0.1, 0.15) is 25.7 Å². The molecule has 0 aromatic carbocycles. The summed E-state index contributed by atoms with van der Waals surface area (Å²) in [6.45, 7) is -0.253. The van der Waals surface area contributed by atoms with Crippen LogP contribution in [0.3, 0.4) is 0 Å². The molecule has 0 aromatic heterocycles. The number of hydrogen-bond acceptors (Lipinski definition) is 5. The van der Waals surface area contributed by atoms with Crippen molar-refractivity contribution in [2.75, 3.05) is 19.4 Å². The molecular weight excluding hydrogens is 260 g/mol. The summed E-state index contributed by atoms with van der Waals surface area (Å²) in [5, 5.41) is 2.67. The molecule has 1 amide bonds. The van der Waals surface area contributed by atoms with Crippen LogP contribution in [0.2, 0.25) is 0 Å². The third-order valence-electron chi connectivity index (χ3n) is 2.42. The number of hydrogen-bond donors (Lipinski definition) is 2. The maximum absolute atomic E-state index is 11.5. The lowest BCUT2D eigenvalue weighted by molar-refractivity contribution is -0.140. The van der Waals surface area contributed by atoms with Gasteiger partial charge in [0.15, 0.2) is 0 Å². The lowest BCUT2D eigenvalue weighted by Crippen LogP contribution is -2.38. The van der Waals surface area contributed by atoms with Crippen molar-refractivity contribution in [2.45, 2.75) is 31.7 Å². The van der Waals surface area contributed by atoms with Crippen molar-refractivity contribution in [1.82, 2.24) is 10.0 Å². The van der Waals surface area contributed by atoms with Crippen LogP contribution in [0.4, 0.5) is 0 Å². The minimum absolute atomic E-state index is 0.0473. The quantitative estimate of drug-likeness (QED) is 0.562. The Bertz CT molecular complexity index is 402. The van der Waals surface area contributed by atoms with Gasteiger partial charge in [-0.1, -0.05) is 0 Å². The number of rotatable bonds is 8. The number of carbonyl (C=O) groups is 2. The van der Waals surface area contributed by atoms with Crippen molar-refractivity contribution in [2.24, 2.45) is 0 Å². The van der Waals surface area contributed by atoms with E-state index in [9.17, 15) is 18.0 Å². The zero-order valence-corrected chi connectivity index (χ0v) is 11.1. The highest BCUT2D eigenvalue weighted by atomic mass is 32.2. The van der Waals surface area contributed by atoms with Crippen LogP contribution in [-0.2, 0) is 24.3 Å². The zero-order chi connectivity index (χ0) is 13.6. The standard InChI is InChI=1S/C10H18N2O5S/c1-17-10(14)3-2-6-18(15,16)11-7-9(13)12-8-4-5-8/h8,11H,2-7H2,1H3,(H,12,13). The summed E-state index contributed by atoms with van der Waals surface area (Å²) in [5.41, 5.74) is 0. The average molecular weight is 278 g/mol. The van der Waals surface area contributed by atoms with Crippen LogP contribution in [-0.4, -0.2) is 45.7 Å². The monoisotopic (exact) mass is 278 g/mol. The van der Waals surface area contributed by atoms with Gasteiger partial charge in [0.2, 0.25) is 15.9 Å². The highest BCUT2D eigenvalue weighted by Gasteiger charge is 2.23. The molecule has 0 unspecified atom stereocenters. The van der Waals surface area contributed by atoms with E-state index in [-0.39, 0.29) is 37.1 Å². The maximum Gasteiger partial charge on any atom is 0.305 e. The molecule has 0 bridgehead atoms. The van der Waals surface area contributed by atoms with Crippen molar-refractivity contribution >= 4 is 21.9 Å². The molecule has 1 aliphatic carbocycles. The summed E-state index contributed by atoms with van der Waals surface area (Å²) in [5.74, 6) is -0.968. The summed E-state index contributed by atoms with van der Waals surface area (Å²) in [7, 11) is -2.27. The smallest absolute Gasteiger partial charge is 0.305 e. The molecular formula is C10H18N2O5S. The van der Waals surface area contributed by atoms with E-state index in [2.05, 4.69) is 14.8 Å². The van der Waals surface area contributed by atoms with Gasteiger partial charge < -0.3 is 10.1 Å². The van der Waals surface area contributed by atoms with Gasteiger partial charge in [0.05, 0.1) is 19.4 Å². The van der Waals surface area contributed by atoms with Crippen LogP contribution in [0.15, 0.2) is 0 Å². The van der Waals surface area contributed by atoms with Gasteiger partial charge in [-0.05, 0) is 19.3 Å². The minimum Gasteiger partial charge on any atom is -0.469 e. The molecule has 8 heteroatoms. The summed E-state index contributed by atoms with van der Waals surface area (Å²) in [4.78, 5) is 22.0. The summed E-state index contributed by atoms with van der Waals surface area (Å²) >= 11 is 0. The number of ether oxygens (including phenoxy) is 1. The van der Waals surface area contributed by atoms with Gasteiger partial charge in [-0.15, -0.1) is 0 Å². The van der Waals surface area contributed by atoms with Crippen molar-refractivity contribution in [3.63, 3.8) is 0 Å². The maximum atomic E-state index is 11.5. The van der Waals surface area contributed by atoms with Gasteiger partial charge in [0, 0.05) is 12.5 Å². The molecule has 104 valence electrons. The largest absolute Gasteiger partial charge is 0.469 e. The lowest BCUT2D eigenvalue weighted by Gasteiger charge is -2.06. The number of amides is 1. The summed E-state index contributed by atoms with van der Waals surface area (Å²) in [6.07, 6.45) is 2.13. The second kappa shape index (κ2) is 6.69. The molecule has 0 saturated heterocycles. The Morgan fingerprint density at radius 3 is 2.56 bits per heavy atom. The molecule has 0 radical (unpaired) electrons. The van der Waals surface area contributed by atoms with Crippen LogP contribution in [0.25, 0.3) is 0 Å². The van der Waals surface area contributed by atoms with E-state index < -0.39 is 16.0 Å². The predicted molar refractivity (Wildman–Crippen MR) is 64.2 cm³/mol. The molecule has 1 aliphatic rings. The van der Waals surface area contributed by atoms with Crippen molar-refractivity contribution in [3.8, 4) is 0 Å². The van der Waals surface area contributed by atoms with Gasteiger partial charge in [-0.2, -0.15) is 0 Å². The first-order valence-electron chi connectivity index (χ1n) is 5.76. The molecule has 0 spiro atoms. The number of nitrogens with one attached hydrogen (secondary N) is 2. The van der Waals surface area contributed by atoms with E-state index in [1.807, 2.05) is 0 Å². The first kappa shape index (κ1) is 14.9. The van der Waals surface area contributed by atoms with Crippen LogP contribution >= 0.6 is 0 Å². The Hall–Kier alpha value is -1.15. The molecule has 0 aliphatic heterocycles. The van der Waals surface area contributed by atoms with Crippen molar-refractivity contribution < 1.29 is 22.7 Å². The van der Waals surface area contributed by atoms with Gasteiger partial charge in [0.1, 0.15) is 0 Å². The van der Waals surface area contributed by atoms with Crippen LogP contribution in [0.5, 0.6) is 0 Å². The van der Waals surface area contributed by atoms with Gasteiger partial charge in [-0.25, -0.2) is 13.1 Å². The molecule has 1 fully saturated rings. The molecule has 0 aromatic rings. The van der Waals surface area contributed by atoms with E-state index in [1.54, 1.807) is 0 Å². The predicted octanol–water partition coefficient (Wildman–Crippen LogP) is -0.862. The first-order chi connectivity index (χ1) is 8.43. The van der Waals surface area contributed by atoms with Gasteiger partial charge in [-0.3, -0.25) is 9.59 Å². The first-order valence-corrected chi connectivity index (χ1v) is 7.41. The third kappa shape index (κ3) is 6.55. The SMILES string of the molecule is COC(=O)CCCS(=O)(=O)NCC(=O)NC1CC1. The van der Waals surface area contributed by atoms with Gasteiger partial charge in [0.25, 0.3) is 0 Å². The lowest BCUT2D eigenvalue weighted by atomic mass is 10.3. The van der Waals surface area contributed by atoms with E-state index >= 15 is 0 Å². The molecule has 0 heterocycles. The number of carbonyl (C=O) groups excluding carboxylic acids is 2. The van der Waals surface area contributed by atoms with Crippen molar-refractivity contribution in [1.29, 1.82) is 0 Å². The molecule has 18 heavy (non-hydrogen) atoms. The topological polar surface area (TPSA) is 102 Å². The number of esters is 1.